The molecule has 0 bridgehead atoms. The van der Waals surface area contributed by atoms with E-state index < -0.39 is 0 Å². The molecule has 2 unspecified atom stereocenters. The first-order valence-corrected chi connectivity index (χ1v) is 5.24. The van der Waals surface area contributed by atoms with Crippen molar-refractivity contribution >= 4 is 0 Å². The Morgan fingerprint density at radius 1 is 1.27 bits per heavy atom. The van der Waals surface area contributed by atoms with E-state index in [-0.39, 0.29) is 12.1 Å². The average molecular weight is 209 g/mol. The fraction of sp³-hybridized carbons (Fsp3) is 0.500. The molecule has 0 aliphatic rings. The standard InChI is InChI=1S/C12H19NO2/c1-4-10(13)9(2)15-12-8-6-5-7-11(12)14-3/h5-10H,4,13H2,1-3H3. The molecule has 0 amide bonds. The molecule has 0 saturated heterocycles. The third-order valence-corrected chi connectivity index (χ3v) is 2.46. The third-order valence-electron chi connectivity index (χ3n) is 2.46. The molecule has 0 radical (unpaired) electrons. The Balaban J connectivity index is 2.71. The van der Waals surface area contributed by atoms with Crippen LogP contribution in [0.5, 0.6) is 11.5 Å². The van der Waals surface area contributed by atoms with E-state index in [2.05, 4.69) is 0 Å². The van der Waals surface area contributed by atoms with Crippen LogP contribution in [0.4, 0.5) is 0 Å². The fourth-order valence-corrected chi connectivity index (χ4v) is 1.34. The highest BCUT2D eigenvalue weighted by Gasteiger charge is 2.14. The van der Waals surface area contributed by atoms with Gasteiger partial charge in [-0.1, -0.05) is 19.1 Å². The molecule has 1 aromatic rings. The Morgan fingerprint density at radius 2 is 1.87 bits per heavy atom. The van der Waals surface area contributed by atoms with E-state index >= 15 is 0 Å². The van der Waals surface area contributed by atoms with E-state index in [9.17, 15) is 0 Å². The summed E-state index contributed by atoms with van der Waals surface area (Å²) >= 11 is 0. The van der Waals surface area contributed by atoms with Crippen molar-refractivity contribution < 1.29 is 9.47 Å². The zero-order valence-corrected chi connectivity index (χ0v) is 9.57. The summed E-state index contributed by atoms with van der Waals surface area (Å²) in [5.41, 5.74) is 5.89. The fourth-order valence-electron chi connectivity index (χ4n) is 1.34. The maximum Gasteiger partial charge on any atom is 0.161 e. The second-order valence-corrected chi connectivity index (χ2v) is 3.55. The lowest BCUT2D eigenvalue weighted by molar-refractivity contribution is 0.180. The number of para-hydroxylation sites is 2. The second kappa shape index (κ2) is 5.61. The Bertz CT molecular complexity index is 301. The number of rotatable bonds is 5. The van der Waals surface area contributed by atoms with Gasteiger partial charge in [-0.25, -0.2) is 0 Å². The lowest BCUT2D eigenvalue weighted by atomic mass is 10.1. The molecule has 0 saturated carbocycles. The molecule has 0 fully saturated rings. The Kier molecular flexibility index (Phi) is 4.43. The average Bonchev–Trinajstić information content (AvgIpc) is 2.28. The predicted octanol–water partition coefficient (Wildman–Crippen LogP) is 2.20. The number of benzene rings is 1. The quantitative estimate of drug-likeness (QED) is 0.808. The summed E-state index contributed by atoms with van der Waals surface area (Å²) in [6, 6.07) is 7.64. The first kappa shape index (κ1) is 11.9. The monoisotopic (exact) mass is 209 g/mol. The Morgan fingerprint density at radius 3 is 2.40 bits per heavy atom. The van der Waals surface area contributed by atoms with E-state index in [0.29, 0.717) is 0 Å². The van der Waals surface area contributed by atoms with E-state index in [0.717, 1.165) is 17.9 Å². The van der Waals surface area contributed by atoms with Crippen molar-refractivity contribution in [3.8, 4) is 11.5 Å². The molecule has 0 aliphatic heterocycles. The Labute approximate surface area is 91.2 Å². The van der Waals surface area contributed by atoms with E-state index in [1.807, 2.05) is 38.1 Å². The number of nitrogens with two attached hydrogens (primary N) is 1. The van der Waals surface area contributed by atoms with Crippen LogP contribution in [0.15, 0.2) is 24.3 Å². The van der Waals surface area contributed by atoms with Gasteiger partial charge in [-0.05, 0) is 25.5 Å². The van der Waals surface area contributed by atoms with Crippen LogP contribution in [0, 0.1) is 0 Å². The molecule has 3 heteroatoms. The molecule has 84 valence electrons. The minimum atomic E-state index is -0.00806. The number of hydrogen-bond acceptors (Lipinski definition) is 3. The summed E-state index contributed by atoms with van der Waals surface area (Å²) in [5, 5.41) is 0. The molecule has 2 atom stereocenters. The first-order chi connectivity index (χ1) is 7.19. The summed E-state index contributed by atoms with van der Waals surface area (Å²) in [6.45, 7) is 4.02. The van der Waals surface area contributed by atoms with Crippen molar-refractivity contribution in [3.05, 3.63) is 24.3 Å². The molecule has 3 nitrogen and oxygen atoms in total. The molecule has 0 heterocycles. The lowest BCUT2D eigenvalue weighted by Gasteiger charge is -2.21. The maximum atomic E-state index is 5.89. The number of methoxy groups -OCH3 is 1. The molecule has 0 aromatic heterocycles. The largest absolute Gasteiger partial charge is 0.493 e. The van der Waals surface area contributed by atoms with Crippen LogP contribution in [-0.2, 0) is 0 Å². The van der Waals surface area contributed by atoms with Crippen molar-refractivity contribution in [1.82, 2.24) is 0 Å². The predicted molar refractivity (Wildman–Crippen MR) is 61.4 cm³/mol. The van der Waals surface area contributed by atoms with E-state index in [4.69, 9.17) is 15.2 Å². The van der Waals surface area contributed by atoms with Gasteiger partial charge in [0.05, 0.1) is 7.11 Å². The van der Waals surface area contributed by atoms with Gasteiger partial charge in [-0.15, -0.1) is 0 Å². The first-order valence-electron chi connectivity index (χ1n) is 5.24. The number of ether oxygens (including phenoxy) is 2. The van der Waals surface area contributed by atoms with Crippen molar-refractivity contribution in [2.24, 2.45) is 5.73 Å². The van der Waals surface area contributed by atoms with Gasteiger partial charge < -0.3 is 15.2 Å². The zero-order valence-electron chi connectivity index (χ0n) is 9.57. The highest BCUT2D eigenvalue weighted by atomic mass is 16.5. The molecular weight excluding hydrogens is 190 g/mol. The van der Waals surface area contributed by atoms with Crippen molar-refractivity contribution in [2.45, 2.75) is 32.4 Å². The van der Waals surface area contributed by atoms with Crippen LogP contribution in [0.1, 0.15) is 20.3 Å². The summed E-state index contributed by atoms with van der Waals surface area (Å²) in [5.74, 6) is 1.49. The van der Waals surface area contributed by atoms with Gasteiger partial charge in [0.15, 0.2) is 11.5 Å². The lowest BCUT2D eigenvalue weighted by Crippen LogP contribution is -2.35. The van der Waals surface area contributed by atoms with Gasteiger partial charge in [0.2, 0.25) is 0 Å². The van der Waals surface area contributed by atoms with Crippen LogP contribution < -0.4 is 15.2 Å². The van der Waals surface area contributed by atoms with Crippen molar-refractivity contribution in [3.63, 3.8) is 0 Å². The Hall–Kier alpha value is -1.22. The van der Waals surface area contributed by atoms with Crippen molar-refractivity contribution in [1.29, 1.82) is 0 Å². The van der Waals surface area contributed by atoms with Crippen molar-refractivity contribution in [2.75, 3.05) is 7.11 Å². The third kappa shape index (κ3) is 3.13. The van der Waals surface area contributed by atoms with Gasteiger partial charge in [0.1, 0.15) is 6.10 Å². The summed E-state index contributed by atoms with van der Waals surface area (Å²) < 4.78 is 10.9. The van der Waals surface area contributed by atoms with Gasteiger partial charge in [0, 0.05) is 6.04 Å². The van der Waals surface area contributed by atoms with Gasteiger partial charge in [0.25, 0.3) is 0 Å². The maximum absolute atomic E-state index is 5.89. The minimum absolute atomic E-state index is 0.00806. The molecule has 2 N–H and O–H groups in total. The normalized spacial score (nSPS) is 14.4. The SMILES string of the molecule is CCC(N)C(C)Oc1ccccc1OC. The van der Waals surface area contributed by atoms with Crippen LogP contribution in [-0.4, -0.2) is 19.3 Å². The molecule has 15 heavy (non-hydrogen) atoms. The highest BCUT2D eigenvalue weighted by Crippen LogP contribution is 2.27. The topological polar surface area (TPSA) is 44.5 Å². The van der Waals surface area contributed by atoms with Crippen LogP contribution in [0.3, 0.4) is 0 Å². The van der Waals surface area contributed by atoms with E-state index in [1.165, 1.54) is 0 Å². The smallest absolute Gasteiger partial charge is 0.161 e. The zero-order chi connectivity index (χ0) is 11.3. The van der Waals surface area contributed by atoms with E-state index in [1.54, 1.807) is 7.11 Å². The van der Waals surface area contributed by atoms with Crippen LogP contribution in [0.25, 0.3) is 0 Å². The summed E-state index contributed by atoms with van der Waals surface area (Å²) in [4.78, 5) is 0. The van der Waals surface area contributed by atoms with Crippen LogP contribution in [0.2, 0.25) is 0 Å². The molecule has 1 aromatic carbocycles. The van der Waals surface area contributed by atoms with Crippen LogP contribution >= 0.6 is 0 Å². The van der Waals surface area contributed by atoms with Gasteiger partial charge in [-0.3, -0.25) is 0 Å². The molecule has 0 spiro atoms. The van der Waals surface area contributed by atoms with Gasteiger partial charge in [-0.2, -0.15) is 0 Å². The molecular formula is C12H19NO2. The number of hydrogen-bond donors (Lipinski definition) is 1. The summed E-state index contributed by atoms with van der Waals surface area (Å²) in [6.07, 6.45) is 0.891. The second-order valence-electron chi connectivity index (χ2n) is 3.55. The highest BCUT2D eigenvalue weighted by molar-refractivity contribution is 5.39. The molecule has 1 rings (SSSR count). The molecule has 0 aliphatic carbocycles. The summed E-state index contributed by atoms with van der Waals surface area (Å²) in [7, 11) is 1.63. The minimum Gasteiger partial charge on any atom is -0.493 e. The van der Waals surface area contributed by atoms with Gasteiger partial charge >= 0.3 is 0 Å².